The standard InChI is InChI=1S/C7H8O/c1-5(2)6-3-4-7(6)8/h3-4H,1-2H3. The fourth-order valence-corrected chi connectivity index (χ4v) is 0.648. The van der Waals surface area contributed by atoms with Crippen LogP contribution in [0.2, 0.25) is 0 Å². The molecule has 0 amide bonds. The minimum absolute atomic E-state index is 0.171. The summed E-state index contributed by atoms with van der Waals surface area (Å²) in [6.07, 6.45) is 3.43. The van der Waals surface area contributed by atoms with E-state index in [1.807, 2.05) is 19.9 Å². The maximum absolute atomic E-state index is 10.5. The predicted octanol–water partition coefficient (Wildman–Crippen LogP) is 1.46. The minimum atomic E-state index is 0.171. The van der Waals surface area contributed by atoms with Crippen molar-refractivity contribution in [2.75, 3.05) is 0 Å². The third kappa shape index (κ3) is 0.601. The number of rotatable bonds is 0. The molecule has 1 nitrogen and oxygen atoms in total. The highest BCUT2D eigenvalue weighted by Gasteiger charge is 2.11. The highest BCUT2D eigenvalue weighted by Crippen LogP contribution is 2.14. The van der Waals surface area contributed by atoms with Crippen LogP contribution in [0.3, 0.4) is 0 Å². The fraction of sp³-hybridized carbons (Fsp3) is 0.286. The molecule has 0 aromatic heterocycles. The van der Waals surface area contributed by atoms with Gasteiger partial charge < -0.3 is 0 Å². The lowest BCUT2D eigenvalue weighted by molar-refractivity contribution is -0.111. The Labute approximate surface area is 48.7 Å². The van der Waals surface area contributed by atoms with E-state index in [4.69, 9.17) is 0 Å². The molecule has 1 aliphatic rings. The van der Waals surface area contributed by atoms with E-state index in [1.165, 1.54) is 0 Å². The van der Waals surface area contributed by atoms with E-state index in [1.54, 1.807) is 6.08 Å². The van der Waals surface area contributed by atoms with Crippen molar-refractivity contribution in [1.29, 1.82) is 0 Å². The van der Waals surface area contributed by atoms with Crippen LogP contribution in [0.1, 0.15) is 13.8 Å². The zero-order valence-corrected chi connectivity index (χ0v) is 5.06. The van der Waals surface area contributed by atoms with E-state index in [0.29, 0.717) is 0 Å². The van der Waals surface area contributed by atoms with Crippen LogP contribution < -0.4 is 0 Å². The molecule has 0 aromatic carbocycles. The average Bonchev–Trinajstić information content (AvgIpc) is 1.61. The largest absolute Gasteiger partial charge is 0.289 e. The SMILES string of the molecule is CC(C)=C1C=CC1=O. The van der Waals surface area contributed by atoms with Gasteiger partial charge in [0.1, 0.15) is 0 Å². The molecule has 0 spiro atoms. The summed E-state index contributed by atoms with van der Waals surface area (Å²) in [5, 5.41) is 0. The summed E-state index contributed by atoms with van der Waals surface area (Å²) in [7, 11) is 0. The van der Waals surface area contributed by atoms with Gasteiger partial charge in [-0.1, -0.05) is 5.57 Å². The summed E-state index contributed by atoms with van der Waals surface area (Å²) in [5.74, 6) is 0.171. The van der Waals surface area contributed by atoms with E-state index in [9.17, 15) is 4.79 Å². The maximum atomic E-state index is 10.5. The van der Waals surface area contributed by atoms with Gasteiger partial charge in [-0.3, -0.25) is 4.79 Å². The molecule has 0 fully saturated rings. The Kier molecular flexibility index (Phi) is 1.05. The van der Waals surface area contributed by atoms with E-state index in [-0.39, 0.29) is 5.78 Å². The van der Waals surface area contributed by atoms with Gasteiger partial charge in [-0.05, 0) is 26.0 Å². The zero-order chi connectivity index (χ0) is 6.15. The van der Waals surface area contributed by atoms with Crippen molar-refractivity contribution in [3.8, 4) is 0 Å². The lowest BCUT2D eigenvalue weighted by Crippen LogP contribution is -2.06. The van der Waals surface area contributed by atoms with Gasteiger partial charge in [0.15, 0.2) is 5.78 Å². The number of carbonyl (C=O) groups excluding carboxylic acids is 1. The number of ketones is 1. The molecule has 0 saturated heterocycles. The second-order valence-electron chi connectivity index (χ2n) is 2.11. The Balaban J connectivity index is 2.95. The molecule has 1 heteroatoms. The number of allylic oxidation sites excluding steroid dienone is 4. The average molecular weight is 108 g/mol. The first kappa shape index (κ1) is 5.29. The van der Waals surface area contributed by atoms with E-state index < -0.39 is 0 Å². The van der Waals surface area contributed by atoms with Crippen LogP contribution in [-0.2, 0) is 4.79 Å². The van der Waals surface area contributed by atoms with Crippen LogP contribution in [0.5, 0.6) is 0 Å². The summed E-state index contributed by atoms with van der Waals surface area (Å²) in [4.78, 5) is 10.5. The summed E-state index contributed by atoms with van der Waals surface area (Å²) in [5.41, 5.74) is 1.99. The summed E-state index contributed by atoms with van der Waals surface area (Å²) in [6, 6.07) is 0. The predicted molar refractivity (Wildman–Crippen MR) is 32.5 cm³/mol. The molecule has 0 atom stereocenters. The third-order valence-corrected chi connectivity index (χ3v) is 1.21. The zero-order valence-electron chi connectivity index (χ0n) is 5.06. The second-order valence-corrected chi connectivity index (χ2v) is 2.11. The van der Waals surface area contributed by atoms with Gasteiger partial charge in [0.25, 0.3) is 0 Å². The van der Waals surface area contributed by atoms with Gasteiger partial charge >= 0.3 is 0 Å². The van der Waals surface area contributed by atoms with Crippen LogP contribution in [0, 0.1) is 0 Å². The molecule has 0 heterocycles. The first-order chi connectivity index (χ1) is 3.72. The highest BCUT2D eigenvalue weighted by atomic mass is 16.1. The monoisotopic (exact) mass is 108 g/mol. The molecule has 1 rings (SSSR count). The topological polar surface area (TPSA) is 17.1 Å². The second kappa shape index (κ2) is 1.58. The molecule has 42 valence electrons. The lowest BCUT2D eigenvalue weighted by atomic mass is 9.97. The molecular weight excluding hydrogens is 100 g/mol. The molecule has 0 bridgehead atoms. The van der Waals surface area contributed by atoms with Crippen LogP contribution in [0.25, 0.3) is 0 Å². The number of hydrogen-bond acceptors (Lipinski definition) is 1. The van der Waals surface area contributed by atoms with E-state index in [2.05, 4.69) is 0 Å². The van der Waals surface area contributed by atoms with E-state index >= 15 is 0 Å². The third-order valence-electron chi connectivity index (χ3n) is 1.21. The molecule has 0 saturated carbocycles. The fourth-order valence-electron chi connectivity index (χ4n) is 0.648. The molecule has 0 N–H and O–H groups in total. The molecule has 0 aliphatic heterocycles. The van der Waals surface area contributed by atoms with E-state index in [0.717, 1.165) is 11.1 Å². The van der Waals surface area contributed by atoms with Crippen molar-refractivity contribution in [3.63, 3.8) is 0 Å². The van der Waals surface area contributed by atoms with Crippen molar-refractivity contribution >= 4 is 5.78 Å². The summed E-state index contributed by atoms with van der Waals surface area (Å²) < 4.78 is 0. The Morgan fingerprint density at radius 2 is 2.00 bits per heavy atom. The first-order valence-corrected chi connectivity index (χ1v) is 2.61. The quantitative estimate of drug-likeness (QED) is 0.429. The summed E-state index contributed by atoms with van der Waals surface area (Å²) >= 11 is 0. The Morgan fingerprint density at radius 3 is 2.00 bits per heavy atom. The Hall–Kier alpha value is -0.850. The summed E-state index contributed by atoms with van der Waals surface area (Å²) in [6.45, 7) is 3.88. The van der Waals surface area contributed by atoms with Crippen LogP contribution in [0.15, 0.2) is 23.3 Å². The van der Waals surface area contributed by atoms with Crippen molar-refractivity contribution in [2.45, 2.75) is 13.8 Å². The number of carbonyl (C=O) groups is 1. The number of hydrogen-bond donors (Lipinski definition) is 0. The minimum Gasteiger partial charge on any atom is -0.289 e. The van der Waals surface area contributed by atoms with Crippen molar-refractivity contribution in [3.05, 3.63) is 23.3 Å². The van der Waals surface area contributed by atoms with Gasteiger partial charge in [0.05, 0.1) is 0 Å². The molecule has 8 heavy (non-hydrogen) atoms. The lowest BCUT2D eigenvalue weighted by Gasteiger charge is -2.06. The van der Waals surface area contributed by atoms with Crippen molar-refractivity contribution in [2.24, 2.45) is 0 Å². The van der Waals surface area contributed by atoms with Gasteiger partial charge in [0, 0.05) is 5.57 Å². The highest BCUT2D eigenvalue weighted by molar-refractivity contribution is 6.13. The maximum Gasteiger partial charge on any atom is 0.185 e. The van der Waals surface area contributed by atoms with Gasteiger partial charge in [0.2, 0.25) is 0 Å². The first-order valence-electron chi connectivity index (χ1n) is 2.61. The van der Waals surface area contributed by atoms with Crippen molar-refractivity contribution in [1.82, 2.24) is 0 Å². The van der Waals surface area contributed by atoms with Gasteiger partial charge in [-0.25, -0.2) is 0 Å². The van der Waals surface area contributed by atoms with Crippen molar-refractivity contribution < 1.29 is 4.79 Å². The Morgan fingerprint density at radius 1 is 1.38 bits per heavy atom. The normalized spacial score (nSPS) is 16.2. The molecule has 0 unspecified atom stereocenters. The van der Waals surface area contributed by atoms with Crippen LogP contribution in [-0.4, -0.2) is 5.78 Å². The molecule has 0 radical (unpaired) electrons. The molecule has 1 aliphatic carbocycles. The van der Waals surface area contributed by atoms with Gasteiger partial charge in [-0.15, -0.1) is 0 Å². The van der Waals surface area contributed by atoms with Gasteiger partial charge in [-0.2, -0.15) is 0 Å². The smallest absolute Gasteiger partial charge is 0.185 e. The Bertz CT molecular complexity index is 181. The van der Waals surface area contributed by atoms with Crippen LogP contribution >= 0.6 is 0 Å². The molecular formula is C7H8O. The van der Waals surface area contributed by atoms with Crippen LogP contribution in [0.4, 0.5) is 0 Å². The molecule has 0 aromatic rings.